The Kier molecular flexibility index (Phi) is 6.79. The molecule has 3 heterocycles. The van der Waals surface area contributed by atoms with E-state index in [4.69, 9.17) is 16.3 Å². The maximum atomic E-state index is 13.6. The maximum absolute atomic E-state index is 13.6. The second-order valence-electron chi connectivity index (χ2n) is 8.80. The van der Waals surface area contributed by atoms with Gasteiger partial charge in [-0.05, 0) is 49.4 Å². The molecule has 0 spiro atoms. The number of rotatable bonds is 7. The molecule has 39 heavy (non-hydrogen) atoms. The van der Waals surface area contributed by atoms with Crippen molar-refractivity contribution in [3.63, 3.8) is 0 Å². The second-order valence-corrected chi connectivity index (χ2v) is 11.2. The number of para-hydroxylation sites is 1. The summed E-state index contributed by atoms with van der Waals surface area (Å²) in [7, 11) is -1.29. The van der Waals surface area contributed by atoms with Crippen LogP contribution in [0.5, 0.6) is 0 Å². The number of imidazole rings is 1. The van der Waals surface area contributed by atoms with Crippen molar-refractivity contribution in [1.29, 1.82) is 0 Å². The van der Waals surface area contributed by atoms with Gasteiger partial charge in [0, 0.05) is 26.5 Å². The summed E-state index contributed by atoms with van der Waals surface area (Å²) in [5, 5.41) is 0.0268. The Labute approximate surface area is 229 Å². The molecule has 0 aliphatic rings. The van der Waals surface area contributed by atoms with Crippen molar-refractivity contribution in [2.24, 2.45) is 7.05 Å². The highest BCUT2D eigenvalue weighted by Crippen LogP contribution is 2.27. The van der Waals surface area contributed by atoms with Crippen molar-refractivity contribution in [3.8, 4) is 5.69 Å². The fourth-order valence-corrected chi connectivity index (χ4v) is 5.76. The molecule has 3 aromatic heterocycles. The minimum absolute atomic E-state index is 0.0210. The number of carbonyl (C=O) groups is 1. The Hall–Kier alpha value is -4.35. The van der Waals surface area contributed by atoms with Crippen LogP contribution in [0.1, 0.15) is 21.7 Å². The zero-order valence-electron chi connectivity index (χ0n) is 21.3. The van der Waals surface area contributed by atoms with Gasteiger partial charge < -0.3 is 9.14 Å². The first-order valence-corrected chi connectivity index (χ1v) is 13.6. The van der Waals surface area contributed by atoms with Crippen molar-refractivity contribution in [3.05, 3.63) is 111 Å². The number of pyridine rings is 1. The molecule has 0 unspecified atom stereocenters. The van der Waals surface area contributed by atoms with Gasteiger partial charge in [0.25, 0.3) is 15.6 Å². The molecule has 2 aromatic carbocycles. The van der Waals surface area contributed by atoms with Crippen LogP contribution >= 0.6 is 11.6 Å². The summed E-state index contributed by atoms with van der Waals surface area (Å²) in [5.41, 5.74) is 1.59. The Morgan fingerprint density at radius 3 is 2.51 bits per heavy atom. The van der Waals surface area contributed by atoms with Crippen LogP contribution in [-0.2, 0) is 28.4 Å². The molecule has 0 radical (unpaired) electrons. The molecule has 0 aliphatic carbocycles. The zero-order chi connectivity index (χ0) is 27.9. The number of sulfonamides is 1. The molecule has 5 rings (SSSR count). The van der Waals surface area contributed by atoms with E-state index in [0.717, 1.165) is 10.4 Å². The van der Waals surface area contributed by atoms with E-state index in [-0.39, 0.29) is 27.8 Å². The summed E-state index contributed by atoms with van der Waals surface area (Å²) >= 11 is 6.24. The first kappa shape index (κ1) is 26.3. The first-order chi connectivity index (χ1) is 18.6. The molecular weight excluding hydrogens is 542 g/mol. The molecule has 0 amide bonds. The number of halogens is 1. The fraction of sp³-hybridized carbons (Fsp3) is 0.148. The Morgan fingerprint density at radius 2 is 1.79 bits per heavy atom. The number of esters is 1. The summed E-state index contributed by atoms with van der Waals surface area (Å²) in [5.74, 6) is -0.806. The van der Waals surface area contributed by atoms with E-state index in [0.29, 0.717) is 22.7 Å². The van der Waals surface area contributed by atoms with Gasteiger partial charge in [-0.1, -0.05) is 35.9 Å². The summed E-state index contributed by atoms with van der Waals surface area (Å²) in [6, 6.07) is 18.1. The van der Waals surface area contributed by atoms with Crippen molar-refractivity contribution < 1.29 is 17.9 Å². The van der Waals surface area contributed by atoms with Crippen LogP contribution in [0.3, 0.4) is 0 Å². The van der Waals surface area contributed by atoms with Gasteiger partial charge in [-0.2, -0.15) is 0 Å². The molecule has 0 bridgehead atoms. The number of benzene rings is 2. The normalized spacial score (nSPS) is 11.6. The number of hydrogen-bond donors (Lipinski definition) is 0. The summed E-state index contributed by atoms with van der Waals surface area (Å²) < 4.78 is 38.3. The standard InChI is InChI=1S/C27H24ClN5O5S/c1-18-25(26(34)33(30(18)2)20-9-5-4-6-10-20)31(3)39(36,37)21-12-13-23(28)22(15-21)27(35)38-17-19-16-32-14-8-7-11-24(32)29-19/h4-16H,17H2,1-3H3. The number of fused-ring (bicyclic) bond motifs is 1. The molecular formula is C27H24ClN5O5S. The second kappa shape index (κ2) is 10.1. The largest absolute Gasteiger partial charge is 0.455 e. The average molecular weight is 566 g/mol. The van der Waals surface area contributed by atoms with Gasteiger partial charge in [0.1, 0.15) is 17.9 Å². The fourth-order valence-electron chi connectivity index (χ4n) is 4.29. The Morgan fingerprint density at radius 1 is 1.08 bits per heavy atom. The number of aromatic nitrogens is 4. The molecule has 0 saturated carbocycles. The third kappa shape index (κ3) is 4.70. The Bertz CT molecular complexity index is 1840. The molecule has 0 saturated heterocycles. The van der Waals surface area contributed by atoms with Crippen LogP contribution in [0.4, 0.5) is 5.69 Å². The van der Waals surface area contributed by atoms with E-state index >= 15 is 0 Å². The van der Waals surface area contributed by atoms with Crippen LogP contribution in [0, 0.1) is 6.92 Å². The summed E-state index contributed by atoms with van der Waals surface area (Å²) in [6.45, 7) is 1.53. The highest BCUT2D eigenvalue weighted by molar-refractivity contribution is 7.92. The van der Waals surface area contributed by atoms with Crippen molar-refractivity contribution >= 4 is 38.9 Å². The molecule has 0 fully saturated rings. The van der Waals surface area contributed by atoms with Crippen LogP contribution in [0.2, 0.25) is 5.02 Å². The lowest BCUT2D eigenvalue weighted by Gasteiger charge is -2.18. The molecule has 0 aliphatic heterocycles. The topological polar surface area (TPSA) is 108 Å². The molecule has 0 N–H and O–H groups in total. The number of ether oxygens (including phenoxy) is 1. The quantitative estimate of drug-likeness (QED) is 0.276. The van der Waals surface area contributed by atoms with Crippen molar-refractivity contribution in [2.75, 3.05) is 11.4 Å². The number of anilines is 1. The predicted molar refractivity (Wildman–Crippen MR) is 147 cm³/mol. The van der Waals surface area contributed by atoms with Gasteiger partial charge in [0.15, 0.2) is 0 Å². The van der Waals surface area contributed by atoms with Gasteiger partial charge in [0.05, 0.1) is 32.6 Å². The smallest absolute Gasteiger partial charge is 0.340 e. The number of carbonyl (C=O) groups excluding carboxylic acids is 1. The molecule has 5 aromatic rings. The van der Waals surface area contributed by atoms with E-state index in [2.05, 4.69) is 4.98 Å². The number of nitrogens with zero attached hydrogens (tertiary/aromatic N) is 5. The third-order valence-electron chi connectivity index (χ3n) is 6.42. The maximum Gasteiger partial charge on any atom is 0.340 e. The van der Waals surface area contributed by atoms with E-state index in [9.17, 15) is 18.0 Å². The molecule has 10 nitrogen and oxygen atoms in total. The average Bonchev–Trinajstić information content (AvgIpc) is 3.44. The minimum Gasteiger partial charge on any atom is -0.455 e. The lowest BCUT2D eigenvalue weighted by molar-refractivity contribution is 0.0468. The van der Waals surface area contributed by atoms with Gasteiger partial charge in [-0.15, -0.1) is 0 Å². The van der Waals surface area contributed by atoms with Crippen molar-refractivity contribution in [1.82, 2.24) is 18.7 Å². The highest BCUT2D eigenvalue weighted by atomic mass is 35.5. The van der Waals surface area contributed by atoms with Gasteiger partial charge >= 0.3 is 5.97 Å². The van der Waals surface area contributed by atoms with Gasteiger partial charge in [-0.25, -0.2) is 22.9 Å². The van der Waals surface area contributed by atoms with E-state index in [1.165, 1.54) is 23.9 Å². The van der Waals surface area contributed by atoms with Crippen molar-refractivity contribution in [2.45, 2.75) is 18.4 Å². The lowest BCUT2D eigenvalue weighted by Crippen LogP contribution is -2.32. The van der Waals surface area contributed by atoms with Crippen LogP contribution in [-0.4, -0.2) is 40.2 Å². The van der Waals surface area contributed by atoms with Gasteiger partial charge in [-0.3, -0.25) is 13.8 Å². The van der Waals surface area contributed by atoms with E-state index < -0.39 is 21.6 Å². The SMILES string of the molecule is Cc1c(N(C)S(=O)(=O)c2ccc(Cl)c(C(=O)OCc3cn4ccccc4n3)c2)c(=O)n(-c2ccccc2)n1C. The van der Waals surface area contributed by atoms with E-state index in [1.807, 2.05) is 30.5 Å². The van der Waals surface area contributed by atoms with Crippen LogP contribution < -0.4 is 9.86 Å². The van der Waals surface area contributed by atoms with Gasteiger partial charge in [0.2, 0.25) is 0 Å². The summed E-state index contributed by atoms with van der Waals surface area (Å²) in [4.78, 5) is 30.4. The molecule has 200 valence electrons. The lowest BCUT2D eigenvalue weighted by atomic mass is 10.2. The van der Waals surface area contributed by atoms with Crippen LogP contribution in [0.15, 0.2) is 88.8 Å². The highest BCUT2D eigenvalue weighted by Gasteiger charge is 2.30. The predicted octanol–water partition coefficient (Wildman–Crippen LogP) is 3.97. The molecule has 0 atom stereocenters. The number of hydrogen-bond acceptors (Lipinski definition) is 6. The third-order valence-corrected chi connectivity index (χ3v) is 8.50. The van der Waals surface area contributed by atoms with Crippen LogP contribution in [0.25, 0.3) is 11.3 Å². The first-order valence-electron chi connectivity index (χ1n) is 11.8. The zero-order valence-corrected chi connectivity index (χ0v) is 22.8. The molecule has 12 heteroatoms. The van der Waals surface area contributed by atoms with E-state index in [1.54, 1.807) is 53.5 Å². The minimum atomic E-state index is -4.26. The Balaban J connectivity index is 1.44. The monoisotopic (exact) mass is 565 g/mol. The summed E-state index contributed by atoms with van der Waals surface area (Å²) in [6.07, 6.45) is 3.54.